The Kier molecular flexibility index (Phi) is 3.16. The van der Waals surface area contributed by atoms with Gasteiger partial charge in [-0.15, -0.1) is 0 Å². The Hall–Kier alpha value is -1.89. The van der Waals surface area contributed by atoms with Crippen LogP contribution in [0.5, 0.6) is 0 Å². The summed E-state index contributed by atoms with van der Waals surface area (Å²) in [5.74, 6) is 0.151. The Morgan fingerprint density at radius 1 is 1.12 bits per heavy atom. The highest BCUT2D eigenvalue weighted by Gasteiger charge is 2.00. The van der Waals surface area contributed by atoms with Crippen LogP contribution in [-0.4, -0.2) is 5.78 Å². The first-order valence-corrected chi connectivity index (χ1v) is 5.43. The van der Waals surface area contributed by atoms with Crippen LogP contribution in [0.4, 0.5) is 0 Å². The fourth-order valence-electron chi connectivity index (χ4n) is 1.79. The third-order valence-corrected chi connectivity index (χ3v) is 2.54. The molecule has 2 rings (SSSR count). The molecule has 16 heavy (non-hydrogen) atoms. The van der Waals surface area contributed by atoms with Crippen LogP contribution < -0.4 is 0 Å². The normalized spacial score (nSPS) is 11.1. The van der Waals surface area contributed by atoms with Gasteiger partial charge in [0.25, 0.3) is 0 Å². The van der Waals surface area contributed by atoms with Crippen LogP contribution in [0.3, 0.4) is 0 Å². The fourth-order valence-corrected chi connectivity index (χ4v) is 1.79. The second kappa shape index (κ2) is 4.75. The molecule has 0 N–H and O–H groups in total. The second-order valence-electron chi connectivity index (χ2n) is 3.82. The number of benzene rings is 2. The standard InChI is InChI=1S/C15H14O/c1-2-5-15(16)11-12-8-9-13-6-3-4-7-14(13)10-12/h2-10H,11H2,1H3/b5-2+. The lowest BCUT2D eigenvalue weighted by atomic mass is 10.0. The molecule has 80 valence electrons. The Labute approximate surface area is 95.4 Å². The number of hydrogen-bond donors (Lipinski definition) is 0. The van der Waals surface area contributed by atoms with Gasteiger partial charge in [0, 0.05) is 6.42 Å². The number of carbonyl (C=O) groups is 1. The lowest BCUT2D eigenvalue weighted by Gasteiger charge is -2.01. The Morgan fingerprint density at radius 3 is 2.62 bits per heavy atom. The van der Waals surface area contributed by atoms with Crippen LogP contribution >= 0.6 is 0 Å². The van der Waals surface area contributed by atoms with E-state index in [0.29, 0.717) is 6.42 Å². The van der Waals surface area contributed by atoms with E-state index in [1.807, 2.05) is 25.1 Å². The van der Waals surface area contributed by atoms with E-state index in [9.17, 15) is 4.79 Å². The molecule has 0 aliphatic rings. The highest BCUT2D eigenvalue weighted by Crippen LogP contribution is 2.16. The van der Waals surface area contributed by atoms with Gasteiger partial charge in [0.15, 0.2) is 5.78 Å². The maximum absolute atomic E-state index is 11.5. The minimum atomic E-state index is 0.151. The summed E-state index contributed by atoms with van der Waals surface area (Å²) >= 11 is 0. The molecule has 0 aliphatic heterocycles. The monoisotopic (exact) mass is 210 g/mol. The number of ketones is 1. The molecular weight excluding hydrogens is 196 g/mol. The highest BCUT2D eigenvalue weighted by molar-refractivity contribution is 5.92. The molecule has 0 aliphatic carbocycles. The van der Waals surface area contributed by atoms with Gasteiger partial charge in [0.1, 0.15) is 0 Å². The van der Waals surface area contributed by atoms with E-state index in [0.717, 1.165) is 5.56 Å². The summed E-state index contributed by atoms with van der Waals surface area (Å²) in [5.41, 5.74) is 1.07. The molecule has 0 unspecified atom stereocenters. The summed E-state index contributed by atoms with van der Waals surface area (Å²) in [5, 5.41) is 2.40. The Balaban J connectivity index is 2.29. The zero-order valence-corrected chi connectivity index (χ0v) is 9.31. The number of rotatable bonds is 3. The number of carbonyl (C=O) groups excluding carboxylic acids is 1. The highest BCUT2D eigenvalue weighted by atomic mass is 16.1. The Morgan fingerprint density at radius 2 is 1.88 bits per heavy atom. The lowest BCUT2D eigenvalue weighted by molar-refractivity contribution is -0.114. The summed E-state index contributed by atoms with van der Waals surface area (Å²) in [6.07, 6.45) is 3.88. The maximum atomic E-state index is 11.5. The number of allylic oxidation sites excluding steroid dienone is 2. The summed E-state index contributed by atoms with van der Waals surface area (Å²) in [6, 6.07) is 14.3. The fraction of sp³-hybridized carbons (Fsp3) is 0.133. The summed E-state index contributed by atoms with van der Waals surface area (Å²) in [7, 11) is 0. The number of fused-ring (bicyclic) bond motifs is 1. The van der Waals surface area contributed by atoms with Gasteiger partial charge < -0.3 is 0 Å². The average molecular weight is 210 g/mol. The predicted octanol–water partition coefficient (Wildman–Crippen LogP) is 3.53. The van der Waals surface area contributed by atoms with Crippen molar-refractivity contribution in [1.82, 2.24) is 0 Å². The zero-order chi connectivity index (χ0) is 11.4. The van der Waals surface area contributed by atoms with Crippen molar-refractivity contribution in [3.8, 4) is 0 Å². The van der Waals surface area contributed by atoms with Crippen LogP contribution in [0.15, 0.2) is 54.6 Å². The van der Waals surface area contributed by atoms with Crippen LogP contribution in [0, 0.1) is 0 Å². The van der Waals surface area contributed by atoms with Crippen LogP contribution in [-0.2, 0) is 11.2 Å². The minimum absolute atomic E-state index is 0.151. The van der Waals surface area contributed by atoms with Gasteiger partial charge in [0.2, 0.25) is 0 Å². The van der Waals surface area contributed by atoms with Crippen molar-refractivity contribution in [3.05, 3.63) is 60.2 Å². The first-order chi connectivity index (χ1) is 7.79. The minimum Gasteiger partial charge on any atom is -0.294 e. The van der Waals surface area contributed by atoms with E-state index >= 15 is 0 Å². The van der Waals surface area contributed by atoms with E-state index in [-0.39, 0.29) is 5.78 Å². The van der Waals surface area contributed by atoms with E-state index in [1.54, 1.807) is 12.2 Å². The molecule has 1 nitrogen and oxygen atoms in total. The molecule has 0 saturated carbocycles. The summed E-state index contributed by atoms with van der Waals surface area (Å²) in [6.45, 7) is 1.86. The van der Waals surface area contributed by atoms with E-state index in [1.165, 1.54) is 10.8 Å². The van der Waals surface area contributed by atoms with Crippen LogP contribution in [0.25, 0.3) is 10.8 Å². The molecule has 0 aromatic heterocycles. The van der Waals surface area contributed by atoms with Gasteiger partial charge in [-0.1, -0.05) is 48.5 Å². The molecule has 0 amide bonds. The molecule has 1 heteroatoms. The lowest BCUT2D eigenvalue weighted by Crippen LogP contribution is -1.97. The van der Waals surface area contributed by atoms with Gasteiger partial charge in [-0.05, 0) is 29.3 Å². The van der Waals surface area contributed by atoms with Gasteiger partial charge in [0.05, 0.1) is 0 Å². The molecule has 0 heterocycles. The molecule has 0 fully saturated rings. The van der Waals surface area contributed by atoms with Gasteiger partial charge >= 0.3 is 0 Å². The van der Waals surface area contributed by atoms with E-state index in [2.05, 4.69) is 24.3 Å². The van der Waals surface area contributed by atoms with E-state index in [4.69, 9.17) is 0 Å². The van der Waals surface area contributed by atoms with Crippen molar-refractivity contribution in [2.75, 3.05) is 0 Å². The van der Waals surface area contributed by atoms with Crippen molar-refractivity contribution in [2.24, 2.45) is 0 Å². The second-order valence-corrected chi connectivity index (χ2v) is 3.82. The molecule has 0 spiro atoms. The van der Waals surface area contributed by atoms with Crippen molar-refractivity contribution in [3.63, 3.8) is 0 Å². The van der Waals surface area contributed by atoms with Crippen LogP contribution in [0.1, 0.15) is 12.5 Å². The molecule has 0 atom stereocenters. The zero-order valence-electron chi connectivity index (χ0n) is 9.31. The predicted molar refractivity (Wildman–Crippen MR) is 67.5 cm³/mol. The molecule has 0 radical (unpaired) electrons. The van der Waals surface area contributed by atoms with Crippen molar-refractivity contribution < 1.29 is 4.79 Å². The third kappa shape index (κ3) is 2.37. The quantitative estimate of drug-likeness (QED) is 0.708. The molecule has 0 bridgehead atoms. The van der Waals surface area contributed by atoms with Crippen LogP contribution in [0.2, 0.25) is 0 Å². The van der Waals surface area contributed by atoms with Gasteiger partial charge in [-0.2, -0.15) is 0 Å². The van der Waals surface area contributed by atoms with Crippen molar-refractivity contribution in [1.29, 1.82) is 0 Å². The summed E-state index contributed by atoms with van der Waals surface area (Å²) in [4.78, 5) is 11.5. The van der Waals surface area contributed by atoms with Crippen molar-refractivity contribution >= 4 is 16.6 Å². The van der Waals surface area contributed by atoms with Crippen molar-refractivity contribution in [2.45, 2.75) is 13.3 Å². The average Bonchev–Trinajstić information content (AvgIpc) is 2.29. The topological polar surface area (TPSA) is 17.1 Å². The number of hydrogen-bond acceptors (Lipinski definition) is 1. The maximum Gasteiger partial charge on any atom is 0.159 e. The van der Waals surface area contributed by atoms with Gasteiger partial charge in [-0.25, -0.2) is 0 Å². The van der Waals surface area contributed by atoms with Gasteiger partial charge in [-0.3, -0.25) is 4.79 Å². The smallest absolute Gasteiger partial charge is 0.159 e. The summed E-state index contributed by atoms with van der Waals surface area (Å²) < 4.78 is 0. The molecular formula is C15H14O. The van der Waals surface area contributed by atoms with E-state index < -0.39 is 0 Å². The first-order valence-electron chi connectivity index (χ1n) is 5.43. The Bertz CT molecular complexity index is 538. The largest absolute Gasteiger partial charge is 0.294 e. The molecule has 0 saturated heterocycles. The molecule has 2 aromatic rings. The molecule has 2 aromatic carbocycles. The third-order valence-electron chi connectivity index (χ3n) is 2.54. The first kappa shape index (κ1) is 10.6. The SMILES string of the molecule is C/C=C/C(=O)Cc1ccc2ccccc2c1.